The molecule has 0 unspecified atom stereocenters. The lowest BCUT2D eigenvalue weighted by molar-refractivity contribution is 0.313. The fourth-order valence-corrected chi connectivity index (χ4v) is 1.85. The molecule has 0 heterocycles. The quantitative estimate of drug-likeness (QED) is 0.804. The first-order valence-electron chi connectivity index (χ1n) is 5.97. The number of hydrogen-bond acceptors (Lipinski definition) is 2. The van der Waals surface area contributed by atoms with Gasteiger partial charge in [-0.2, -0.15) is 0 Å². The lowest BCUT2D eigenvalue weighted by Crippen LogP contribution is -2.20. The fraction of sp³-hybridized carbons (Fsp3) is 0.200. The third-order valence-electron chi connectivity index (χ3n) is 2.51. The highest BCUT2D eigenvalue weighted by Gasteiger charge is 1.94. The first kappa shape index (κ1) is 12.9. The van der Waals surface area contributed by atoms with Crippen molar-refractivity contribution in [3.05, 3.63) is 65.2 Å². The maximum absolute atomic E-state index is 5.91. The Morgan fingerprint density at radius 1 is 1.00 bits per heavy atom. The summed E-state index contributed by atoms with van der Waals surface area (Å²) in [7, 11) is 0. The minimum Gasteiger partial charge on any atom is -0.492 e. The molecule has 0 saturated carbocycles. The topological polar surface area (TPSA) is 21.3 Å². The summed E-state index contributed by atoms with van der Waals surface area (Å²) in [5, 5.41) is 4.09. The first-order chi connectivity index (χ1) is 8.84. The van der Waals surface area contributed by atoms with Crippen LogP contribution in [0.4, 0.5) is 0 Å². The number of nitrogens with one attached hydrogen (secondary N) is 1. The molecule has 2 aromatic carbocycles. The molecule has 0 aliphatic heterocycles. The minimum atomic E-state index is 0.657. The van der Waals surface area contributed by atoms with E-state index in [9.17, 15) is 0 Å². The minimum absolute atomic E-state index is 0.657. The van der Waals surface area contributed by atoms with Gasteiger partial charge in [0, 0.05) is 18.1 Å². The molecule has 18 heavy (non-hydrogen) atoms. The van der Waals surface area contributed by atoms with Crippen LogP contribution in [0.3, 0.4) is 0 Å². The molecule has 0 bridgehead atoms. The van der Waals surface area contributed by atoms with Gasteiger partial charge in [0.1, 0.15) is 12.4 Å². The smallest absolute Gasteiger partial charge is 0.119 e. The van der Waals surface area contributed by atoms with Crippen molar-refractivity contribution in [3.63, 3.8) is 0 Å². The predicted octanol–water partition coefficient (Wildman–Crippen LogP) is 3.51. The lowest BCUT2D eigenvalue weighted by atomic mass is 10.2. The average molecular weight is 262 g/mol. The van der Waals surface area contributed by atoms with E-state index < -0.39 is 0 Å². The molecule has 0 saturated heterocycles. The highest BCUT2D eigenvalue weighted by Crippen LogP contribution is 2.10. The van der Waals surface area contributed by atoms with Crippen molar-refractivity contribution in [2.24, 2.45) is 0 Å². The Hall–Kier alpha value is -1.51. The monoisotopic (exact) mass is 261 g/mol. The summed E-state index contributed by atoms with van der Waals surface area (Å²) in [6, 6.07) is 17.7. The molecule has 0 amide bonds. The zero-order valence-corrected chi connectivity index (χ0v) is 10.9. The van der Waals surface area contributed by atoms with E-state index in [0.29, 0.717) is 6.61 Å². The predicted molar refractivity (Wildman–Crippen MR) is 75.1 cm³/mol. The summed E-state index contributed by atoms with van der Waals surface area (Å²) in [4.78, 5) is 0. The second-order valence-corrected chi connectivity index (χ2v) is 4.40. The first-order valence-corrected chi connectivity index (χ1v) is 6.35. The molecule has 0 spiro atoms. The molecule has 0 radical (unpaired) electrons. The second-order valence-electron chi connectivity index (χ2n) is 3.97. The highest BCUT2D eigenvalue weighted by molar-refractivity contribution is 6.30. The molecule has 0 fully saturated rings. The van der Waals surface area contributed by atoms with Gasteiger partial charge in [0.25, 0.3) is 0 Å². The number of para-hydroxylation sites is 1. The van der Waals surface area contributed by atoms with Crippen LogP contribution in [0, 0.1) is 0 Å². The summed E-state index contributed by atoms with van der Waals surface area (Å²) in [6.45, 7) is 2.27. The maximum atomic E-state index is 5.91. The van der Waals surface area contributed by atoms with Crippen LogP contribution in [-0.4, -0.2) is 13.2 Å². The van der Waals surface area contributed by atoms with Crippen LogP contribution in [0.1, 0.15) is 5.56 Å². The van der Waals surface area contributed by atoms with Crippen molar-refractivity contribution < 1.29 is 4.74 Å². The van der Waals surface area contributed by atoms with E-state index in [2.05, 4.69) is 11.4 Å². The Kier molecular flexibility index (Phi) is 5.06. The van der Waals surface area contributed by atoms with Crippen LogP contribution >= 0.6 is 11.6 Å². The van der Waals surface area contributed by atoms with E-state index in [0.717, 1.165) is 23.9 Å². The molecule has 0 atom stereocenters. The van der Waals surface area contributed by atoms with Crippen molar-refractivity contribution in [3.8, 4) is 5.75 Å². The van der Waals surface area contributed by atoms with Gasteiger partial charge in [-0.3, -0.25) is 0 Å². The van der Waals surface area contributed by atoms with Crippen molar-refractivity contribution in [2.75, 3.05) is 13.2 Å². The summed E-state index contributed by atoms with van der Waals surface area (Å²) in [5.41, 5.74) is 1.18. The van der Waals surface area contributed by atoms with Gasteiger partial charge in [-0.15, -0.1) is 0 Å². The van der Waals surface area contributed by atoms with E-state index in [1.54, 1.807) is 0 Å². The van der Waals surface area contributed by atoms with Crippen LogP contribution in [0.15, 0.2) is 54.6 Å². The van der Waals surface area contributed by atoms with Crippen LogP contribution in [0.2, 0.25) is 5.02 Å². The molecule has 2 rings (SSSR count). The molecule has 0 aliphatic rings. The van der Waals surface area contributed by atoms with Crippen molar-refractivity contribution in [1.29, 1.82) is 0 Å². The van der Waals surface area contributed by atoms with E-state index in [1.165, 1.54) is 5.56 Å². The second kappa shape index (κ2) is 7.04. The molecule has 0 aliphatic carbocycles. The van der Waals surface area contributed by atoms with Gasteiger partial charge in [-0.1, -0.05) is 41.9 Å². The van der Waals surface area contributed by atoms with Crippen LogP contribution in [0.5, 0.6) is 5.75 Å². The number of halogens is 1. The highest BCUT2D eigenvalue weighted by atomic mass is 35.5. The largest absolute Gasteiger partial charge is 0.492 e. The number of benzene rings is 2. The molecule has 94 valence electrons. The standard InChI is InChI=1S/C15H16ClNO/c16-14-6-4-5-13(11-14)12-17-9-10-18-15-7-2-1-3-8-15/h1-8,11,17H,9-10,12H2. The maximum Gasteiger partial charge on any atom is 0.119 e. The normalized spacial score (nSPS) is 10.3. The van der Waals surface area contributed by atoms with Gasteiger partial charge in [0.05, 0.1) is 0 Å². The Bertz CT molecular complexity index is 473. The van der Waals surface area contributed by atoms with Gasteiger partial charge in [0.2, 0.25) is 0 Å². The zero-order chi connectivity index (χ0) is 12.6. The molecule has 0 aromatic heterocycles. The van der Waals surface area contributed by atoms with Gasteiger partial charge in [0.15, 0.2) is 0 Å². The van der Waals surface area contributed by atoms with E-state index in [4.69, 9.17) is 16.3 Å². The molecule has 2 aromatic rings. The Morgan fingerprint density at radius 2 is 1.83 bits per heavy atom. The summed E-state index contributed by atoms with van der Waals surface area (Å²) in [6.07, 6.45) is 0. The SMILES string of the molecule is Clc1cccc(CNCCOc2ccccc2)c1. The Morgan fingerprint density at radius 3 is 2.61 bits per heavy atom. The van der Waals surface area contributed by atoms with Crippen molar-refractivity contribution >= 4 is 11.6 Å². The zero-order valence-electron chi connectivity index (χ0n) is 10.1. The van der Waals surface area contributed by atoms with Gasteiger partial charge >= 0.3 is 0 Å². The van der Waals surface area contributed by atoms with E-state index >= 15 is 0 Å². The van der Waals surface area contributed by atoms with Gasteiger partial charge in [-0.05, 0) is 29.8 Å². The molecular formula is C15H16ClNO. The molecule has 1 N–H and O–H groups in total. The number of rotatable bonds is 6. The van der Waals surface area contributed by atoms with Crippen molar-refractivity contribution in [1.82, 2.24) is 5.32 Å². The average Bonchev–Trinajstić information content (AvgIpc) is 2.40. The molecule has 2 nitrogen and oxygen atoms in total. The van der Waals surface area contributed by atoms with Crippen LogP contribution in [0.25, 0.3) is 0 Å². The van der Waals surface area contributed by atoms with Gasteiger partial charge < -0.3 is 10.1 Å². The number of hydrogen-bond donors (Lipinski definition) is 1. The summed E-state index contributed by atoms with van der Waals surface area (Å²) < 4.78 is 5.58. The van der Waals surface area contributed by atoms with Crippen molar-refractivity contribution in [2.45, 2.75) is 6.54 Å². The summed E-state index contributed by atoms with van der Waals surface area (Å²) in [5.74, 6) is 0.905. The Balaban J connectivity index is 1.65. The van der Waals surface area contributed by atoms with E-state index in [1.807, 2.05) is 48.5 Å². The number of ether oxygens (including phenoxy) is 1. The fourth-order valence-electron chi connectivity index (χ4n) is 1.64. The third kappa shape index (κ3) is 4.40. The molecule has 3 heteroatoms. The van der Waals surface area contributed by atoms with Crippen LogP contribution < -0.4 is 10.1 Å². The van der Waals surface area contributed by atoms with Crippen LogP contribution in [-0.2, 0) is 6.54 Å². The lowest BCUT2D eigenvalue weighted by Gasteiger charge is -2.07. The van der Waals surface area contributed by atoms with E-state index in [-0.39, 0.29) is 0 Å². The Labute approximate surface area is 113 Å². The van der Waals surface area contributed by atoms with Gasteiger partial charge in [-0.25, -0.2) is 0 Å². The third-order valence-corrected chi connectivity index (χ3v) is 2.74. The summed E-state index contributed by atoms with van der Waals surface area (Å²) >= 11 is 5.91. The molecular weight excluding hydrogens is 246 g/mol.